The van der Waals surface area contributed by atoms with Crippen molar-refractivity contribution in [2.75, 3.05) is 25.1 Å². The maximum atomic E-state index is 12.2. The number of hydrogen-bond donors (Lipinski definition) is 1. The number of likely N-dealkylation sites (tertiary alicyclic amines) is 1. The molecule has 28 heavy (non-hydrogen) atoms. The van der Waals surface area contributed by atoms with Crippen LogP contribution in [0, 0.1) is 5.92 Å². The van der Waals surface area contributed by atoms with Crippen molar-refractivity contribution < 1.29 is 28.3 Å². The van der Waals surface area contributed by atoms with Crippen LogP contribution in [0.15, 0.2) is 47.1 Å². The van der Waals surface area contributed by atoms with E-state index in [4.69, 9.17) is 13.9 Å². The molecular weight excluding hydrogens is 364 g/mol. The highest BCUT2D eigenvalue weighted by Crippen LogP contribution is 2.21. The van der Waals surface area contributed by atoms with Crippen LogP contribution in [-0.4, -0.2) is 42.4 Å². The average molecular weight is 386 g/mol. The van der Waals surface area contributed by atoms with E-state index in [2.05, 4.69) is 5.32 Å². The number of furan rings is 1. The number of nitrogens with zero attached hydrogens (tertiary/aromatic N) is 1. The van der Waals surface area contributed by atoms with Crippen LogP contribution in [-0.2, 0) is 25.7 Å². The topological polar surface area (TPSA) is 98.1 Å². The standard InChI is InChI=1S/C20H22N2O6/c1-2-26-16-7-5-15(6-8-16)21-18(23)13-28-20(25)14-10-19(24)22(11-14)12-17-4-3-9-27-17/h3-9,14H,2,10-13H2,1H3,(H,21,23)/t14-/m1/s1. The van der Waals surface area contributed by atoms with E-state index in [1.807, 2.05) is 6.92 Å². The van der Waals surface area contributed by atoms with E-state index in [1.165, 1.54) is 6.26 Å². The molecule has 1 aliphatic heterocycles. The molecule has 1 fully saturated rings. The van der Waals surface area contributed by atoms with Gasteiger partial charge in [-0.3, -0.25) is 14.4 Å². The van der Waals surface area contributed by atoms with Crippen molar-refractivity contribution in [3.63, 3.8) is 0 Å². The molecule has 0 unspecified atom stereocenters. The van der Waals surface area contributed by atoms with Gasteiger partial charge in [-0.25, -0.2) is 0 Å². The molecule has 0 radical (unpaired) electrons. The zero-order valence-electron chi connectivity index (χ0n) is 15.6. The molecule has 0 aliphatic carbocycles. The predicted octanol–water partition coefficient (Wildman–Crippen LogP) is 2.21. The summed E-state index contributed by atoms with van der Waals surface area (Å²) in [7, 11) is 0. The largest absolute Gasteiger partial charge is 0.494 e. The van der Waals surface area contributed by atoms with Crippen molar-refractivity contribution in [3.8, 4) is 5.75 Å². The second-order valence-corrected chi connectivity index (χ2v) is 6.37. The molecule has 0 saturated carbocycles. The van der Waals surface area contributed by atoms with Crippen molar-refractivity contribution in [3.05, 3.63) is 48.4 Å². The van der Waals surface area contributed by atoms with Crippen LogP contribution < -0.4 is 10.1 Å². The Morgan fingerprint density at radius 3 is 2.71 bits per heavy atom. The molecule has 3 rings (SSSR count). The van der Waals surface area contributed by atoms with Crippen molar-refractivity contribution >= 4 is 23.5 Å². The number of esters is 1. The fraction of sp³-hybridized carbons (Fsp3) is 0.350. The summed E-state index contributed by atoms with van der Waals surface area (Å²) < 4.78 is 15.6. The Labute approximate surface area is 162 Å². The highest BCUT2D eigenvalue weighted by molar-refractivity contribution is 5.93. The summed E-state index contributed by atoms with van der Waals surface area (Å²) in [6.45, 7) is 2.60. The van der Waals surface area contributed by atoms with Crippen LogP contribution >= 0.6 is 0 Å². The molecule has 0 spiro atoms. The van der Waals surface area contributed by atoms with Gasteiger partial charge in [-0.05, 0) is 43.3 Å². The maximum absolute atomic E-state index is 12.2. The molecule has 8 nitrogen and oxygen atoms in total. The molecule has 8 heteroatoms. The smallest absolute Gasteiger partial charge is 0.311 e. The Bertz CT molecular complexity index is 816. The van der Waals surface area contributed by atoms with E-state index < -0.39 is 24.4 Å². The Morgan fingerprint density at radius 2 is 2.04 bits per heavy atom. The van der Waals surface area contributed by atoms with Gasteiger partial charge in [0.15, 0.2) is 6.61 Å². The number of carbonyl (C=O) groups excluding carboxylic acids is 3. The second-order valence-electron chi connectivity index (χ2n) is 6.37. The molecule has 1 aliphatic rings. The number of nitrogens with one attached hydrogen (secondary N) is 1. The van der Waals surface area contributed by atoms with E-state index in [0.29, 0.717) is 30.3 Å². The first-order valence-corrected chi connectivity index (χ1v) is 9.04. The Morgan fingerprint density at radius 1 is 1.25 bits per heavy atom. The number of carbonyl (C=O) groups is 3. The van der Waals surface area contributed by atoms with Gasteiger partial charge in [0.05, 0.1) is 25.3 Å². The van der Waals surface area contributed by atoms with Crippen molar-refractivity contribution in [1.82, 2.24) is 4.90 Å². The zero-order chi connectivity index (χ0) is 19.9. The molecular formula is C20H22N2O6. The van der Waals surface area contributed by atoms with Crippen LogP contribution in [0.5, 0.6) is 5.75 Å². The summed E-state index contributed by atoms with van der Waals surface area (Å²) in [5.74, 6) is -0.377. The quantitative estimate of drug-likeness (QED) is 0.699. The lowest BCUT2D eigenvalue weighted by atomic mass is 10.1. The van der Waals surface area contributed by atoms with Gasteiger partial charge in [0.1, 0.15) is 11.5 Å². The first-order chi connectivity index (χ1) is 13.5. The summed E-state index contributed by atoms with van der Waals surface area (Å²) in [6, 6.07) is 10.4. The number of amides is 2. The summed E-state index contributed by atoms with van der Waals surface area (Å²) in [5.41, 5.74) is 0.574. The van der Waals surface area contributed by atoms with Crippen LogP contribution in [0.4, 0.5) is 5.69 Å². The van der Waals surface area contributed by atoms with Crippen LogP contribution in [0.3, 0.4) is 0 Å². The lowest BCUT2D eigenvalue weighted by molar-refractivity contribution is -0.151. The third-order valence-electron chi connectivity index (χ3n) is 4.27. The first kappa shape index (κ1) is 19.5. The molecule has 1 N–H and O–H groups in total. The van der Waals surface area contributed by atoms with Gasteiger partial charge in [0, 0.05) is 18.7 Å². The van der Waals surface area contributed by atoms with Crippen molar-refractivity contribution in [2.24, 2.45) is 5.92 Å². The molecule has 1 atom stereocenters. The molecule has 1 saturated heterocycles. The minimum Gasteiger partial charge on any atom is -0.494 e. The third-order valence-corrected chi connectivity index (χ3v) is 4.27. The van der Waals surface area contributed by atoms with Crippen LogP contribution in [0.25, 0.3) is 0 Å². The highest BCUT2D eigenvalue weighted by Gasteiger charge is 2.35. The second kappa shape index (κ2) is 9.07. The van der Waals surface area contributed by atoms with Gasteiger partial charge in [0.25, 0.3) is 5.91 Å². The monoisotopic (exact) mass is 386 g/mol. The van der Waals surface area contributed by atoms with Gasteiger partial charge < -0.3 is 24.1 Å². The third kappa shape index (κ3) is 5.12. The van der Waals surface area contributed by atoms with Gasteiger partial charge in [-0.2, -0.15) is 0 Å². The van der Waals surface area contributed by atoms with Gasteiger partial charge in [-0.15, -0.1) is 0 Å². The van der Waals surface area contributed by atoms with E-state index in [-0.39, 0.29) is 18.9 Å². The minimum absolute atomic E-state index is 0.0695. The fourth-order valence-corrected chi connectivity index (χ4v) is 2.93. The molecule has 2 heterocycles. The van der Waals surface area contributed by atoms with E-state index in [9.17, 15) is 14.4 Å². The number of anilines is 1. The van der Waals surface area contributed by atoms with Crippen LogP contribution in [0.2, 0.25) is 0 Å². The van der Waals surface area contributed by atoms with E-state index >= 15 is 0 Å². The molecule has 148 valence electrons. The minimum atomic E-state index is -0.583. The Kier molecular flexibility index (Phi) is 6.31. The maximum Gasteiger partial charge on any atom is 0.311 e. The highest BCUT2D eigenvalue weighted by atomic mass is 16.5. The SMILES string of the molecule is CCOc1ccc(NC(=O)COC(=O)[C@@H]2CC(=O)N(Cc3ccco3)C2)cc1. The average Bonchev–Trinajstić information content (AvgIpc) is 3.32. The predicted molar refractivity (Wildman–Crippen MR) is 99.4 cm³/mol. The molecule has 2 aromatic rings. The van der Waals surface area contributed by atoms with Gasteiger partial charge in [0.2, 0.25) is 5.91 Å². The van der Waals surface area contributed by atoms with Gasteiger partial charge in [-0.1, -0.05) is 0 Å². The van der Waals surface area contributed by atoms with E-state index in [1.54, 1.807) is 41.3 Å². The fourth-order valence-electron chi connectivity index (χ4n) is 2.93. The normalized spacial score (nSPS) is 16.1. The number of ether oxygens (including phenoxy) is 2. The van der Waals surface area contributed by atoms with Crippen LogP contribution in [0.1, 0.15) is 19.1 Å². The number of benzene rings is 1. The number of rotatable bonds is 8. The summed E-state index contributed by atoms with van der Waals surface area (Å²) in [4.78, 5) is 37.8. The number of hydrogen-bond acceptors (Lipinski definition) is 6. The zero-order valence-corrected chi connectivity index (χ0v) is 15.6. The molecule has 1 aromatic heterocycles. The summed E-state index contributed by atoms with van der Waals surface area (Å²) in [6.07, 6.45) is 1.60. The summed E-state index contributed by atoms with van der Waals surface area (Å²) in [5, 5.41) is 2.64. The lowest BCUT2D eigenvalue weighted by Crippen LogP contribution is -2.28. The molecule has 0 bridgehead atoms. The molecule has 2 amide bonds. The van der Waals surface area contributed by atoms with Crippen molar-refractivity contribution in [2.45, 2.75) is 19.9 Å². The van der Waals surface area contributed by atoms with Crippen molar-refractivity contribution in [1.29, 1.82) is 0 Å². The Balaban J connectivity index is 1.43. The lowest BCUT2D eigenvalue weighted by Gasteiger charge is -2.14. The molecule has 1 aromatic carbocycles. The van der Waals surface area contributed by atoms with E-state index in [0.717, 1.165) is 0 Å². The Hall–Kier alpha value is -3.29. The summed E-state index contributed by atoms with van der Waals surface area (Å²) >= 11 is 0. The first-order valence-electron chi connectivity index (χ1n) is 9.04. The van der Waals surface area contributed by atoms with Gasteiger partial charge >= 0.3 is 5.97 Å².